The molecular weight excluding hydrogens is 342 g/mol. The van der Waals surface area contributed by atoms with Crippen LogP contribution in [0.2, 0.25) is 0 Å². The fourth-order valence-electron chi connectivity index (χ4n) is 2.85. The van der Waals surface area contributed by atoms with Crippen LogP contribution in [-0.2, 0) is 10.5 Å². The number of amides is 1. The molecular formula is C17H25N3O2S2. The van der Waals surface area contributed by atoms with Crippen molar-refractivity contribution in [3.8, 4) is 0 Å². The van der Waals surface area contributed by atoms with E-state index in [1.54, 1.807) is 11.3 Å². The Morgan fingerprint density at radius 1 is 1.25 bits per heavy atom. The minimum atomic E-state index is -0.0882. The first-order valence-corrected chi connectivity index (χ1v) is 10.1. The molecule has 2 rings (SSSR count). The molecule has 0 saturated heterocycles. The molecule has 132 valence electrons. The molecule has 0 saturated carbocycles. The van der Waals surface area contributed by atoms with Crippen molar-refractivity contribution >= 4 is 39.2 Å². The van der Waals surface area contributed by atoms with Gasteiger partial charge in [-0.25, -0.2) is 4.98 Å². The molecule has 2 aromatic heterocycles. The standard InChI is InChI=1S/C17H25N3O2S2/c1-9(2)20(10(3)4)14(21)8-23-7-13-18-16(22)15-11(5)12(6)24-17(15)19-13/h9-10H,7-8H2,1-6H3,(H,18,19,22). The molecule has 0 aliphatic heterocycles. The quantitative estimate of drug-likeness (QED) is 0.849. The third kappa shape index (κ3) is 4.00. The Kier molecular flexibility index (Phi) is 6.09. The maximum atomic E-state index is 12.4. The van der Waals surface area contributed by atoms with Gasteiger partial charge in [-0.3, -0.25) is 9.59 Å². The Morgan fingerprint density at radius 3 is 2.46 bits per heavy atom. The van der Waals surface area contributed by atoms with E-state index < -0.39 is 0 Å². The summed E-state index contributed by atoms with van der Waals surface area (Å²) in [5.74, 6) is 1.67. The van der Waals surface area contributed by atoms with Crippen LogP contribution in [0.15, 0.2) is 4.79 Å². The molecule has 1 amide bonds. The number of fused-ring (bicyclic) bond motifs is 1. The molecule has 0 radical (unpaired) electrons. The van der Waals surface area contributed by atoms with E-state index in [2.05, 4.69) is 9.97 Å². The summed E-state index contributed by atoms with van der Waals surface area (Å²) in [5, 5.41) is 0.688. The first kappa shape index (κ1) is 19.0. The Balaban J connectivity index is 2.06. The van der Waals surface area contributed by atoms with Crippen molar-refractivity contribution in [2.45, 2.75) is 59.4 Å². The Labute approximate surface area is 150 Å². The summed E-state index contributed by atoms with van der Waals surface area (Å²) in [6.45, 7) is 12.0. The van der Waals surface area contributed by atoms with Gasteiger partial charge in [-0.2, -0.15) is 0 Å². The number of nitrogens with zero attached hydrogens (tertiary/aromatic N) is 2. The minimum Gasteiger partial charge on any atom is -0.337 e. The van der Waals surface area contributed by atoms with Crippen molar-refractivity contribution in [1.82, 2.24) is 14.9 Å². The van der Waals surface area contributed by atoms with Crippen LogP contribution < -0.4 is 5.56 Å². The van der Waals surface area contributed by atoms with Crippen LogP contribution in [0.4, 0.5) is 0 Å². The van der Waals surface area contributed by atoms with Crippen LogP contribution in [0.3, 0.4) is 0 Å². The van der Waals surface area contributed by atoms with Crippen molar-refractivity contribution in [1.29, 1.82) is 0 Å². The highest BCUT2D eigenvalue weighted by Gasteiger charge is 2.20. The lowest BCUT2D eigenvalue weighted by Crippen LogP contribution is -2.43. The molecule has 0 bridgehead atoms. The van der Waals surface area contributed by atoms with E-state index in [4.69, 9.17) is 0 Å². The predicted molar refractivity (Wildman–Crippen MR) is 103 cm³/mol. The van der Waals surface area contributed by atoms with Gasteiger partial charge in [0.15, 0.2) is 0 Å². The van der Waals surface area contributed by atoms with Gasteiger partial charge in [0.1, 0.15) is 10.7 Å². The van der Waals surface area contributed by atoms with Gasteiger partial charge in [0.25, 0.3) is 5.56 Å². The molecule has 0 aliphatic carbocycles. The van der Waals surface area contributed by atoms with E-state index in [1.165, 1.54) is 11.8 Å². The Morgan fingerprint density at radius 2 is 1.88 bits per heavy atom. The van der Waals surface area contributed by atoms with Crippen molar-refractivity contribution < 1.29 is 4.79 Å². The Bertz CT molecular complexity index is 785. The Hall–Kier alpha value is -1.34. The smallest absolute Gasteiger partial charge is 0.259 e. The lowest BCUT2D eigenvalue weighted by molar-refractivity contribution is -0.131. The number of carbonyl (C=O) groups is 1. The normalized spacial score (nSPS) is 11.7. The number of rotatable bonds is 6. The lowest BCUT2D eigenvalue weighted by Gasteiger charge is -2.30. The lowest BCUT2D eigenvalue weighted by atomic mass is 10.2. The molecule has 2 heterocycles. The van der Waals surface area contributed by atoms with Crippen LogP contribution in [0.1, 0.15) is 44.0 Å². The zero-order chi connectivity index (χ0) is 18.0. The van der Waals surface area contributed by atoms with E-state index >= 15 is 0 Å². The van der Waals surface area contributed by atoms with Gasteiger partial charge >= 0.3 is 0 Å². The number of hydrogen-bond donors (Lipinski definition) is 1. The van der Waals surface area contributed by atoms with Crippen molar-refractivity contribution in [3.05, 3.63) is 26.6 Å². The van der Waals surface area contributed by atoms with Gasteiger partial charge < -0.3 is 9.88 Å². The van der Waals surface area contributed by atoms with Gasteiger partial charge in [0.05, 0.1) is 16.9 Å². The van der Waals surface area contributed by atoms with E-state index in [0.717, 1.165) is 15.3 Å². The van der Waals surface area contributed by atoms with Crippen LogP contribution in [0.25, 0.3) is 10.2 Å². The second-order valence-electron chi connectivity index (χ2n) is 6.46. The van der Waals surface area contributed by atoms with Gasteiger partial charge in [-0.05, 0) is 47.1 Å². The zero-order valence-corrected chi connectivity index (χ0v) is 16.7. The molecule has 2 aromatic rings. The molecule has 0 unspecified atom stereocenters. The molecule has 0 spiro atoms. The second-order valence-corrected chi connectivity index (χ2v) is 8.65. The number of aryl methyl sites for hydroxylation is 2. The van der Waals surface area contributed by atoms with Crippen LogP contribution >= 0.6 is 23.1 Å². The topological polar surface area (TPSA) is 66.1 Å². The number of carbonyl (C=O) groups excluding carboxylic acids is 1. The molecule has 0 aromatic carbocycles. The third-order valence-electron chi connectivity index (χ3n) is 3.95. The van der Waals surface area contributed by atoms with Crippen molar-refractivity contribution in [2.75, 3.05) is 5.75 Å². The highest BCUT2D eigenvalue weighted by molar-refractivity contribution is 7.99. The highest BCUT2D eigenvalue weighted by Crippen LogP contribution is 2.26. The summed E-state index contributed by atoms with van der Waals surface area (Å²) >= 11 is 3.03. The largest absolute Gasteiger partial charge is 0.337 e. The van der Waals surface area contributed by atoms with Crippen LogP contribution in [0, 0.1) is 13.8 Å². The first-order chi connectivity index (χ1) is 11.2. The van der Waals surface area contributed by atoms with E-state index in [-0.39, 0.29) is 23.6 Å². The number of aromatic amines is 1. The van der Waals surface area contributed by atoms with Gasteiger partial charge in [-0.1, -0.05) is 0 Å². The summed E-state index contributed by atoms with van der Waals surface area (Å²) in [6, 6.07) is 0.369. The SMILES string of the molecule is Cc1sc2nc(CSCC(=O)N(C(C)C)C(C)C)[nH]c(=O)c2c1C. The fraction of sp³-hybridized carbons (Fsp3) is 0.588. The third-order valence-corrected chi connectivity index (χ3v) is 5.98. The first-order valence-electron chi connectivity index (χ1n) is 8.10. The predicted octanol–water partition coefficient (Wildman–Crippen LogP) is 3.48. The molecule has 1 N–H and O–H groups in total. The zero-order valence-electron chi connectivity index (χ0n) is 15.1. The summed E-state index contributed by atoms with van der Waals surface area (Å²) in [7, 11) is 0. The summed E-state index contributed by atoms with van der Waals surface area (Å²) in [4.78, 5) is 35.8. The second kappa shape index (κ2) is 7.70. The minimum absolute atomic E-state index is 0.0882. The molecule has 5 nitrogen and oxygen atoms in total. The maximum Gasteiger partial charge on any atom is 0.259 e. The number of aromatic nitrogens is 2. The van der Waals surface area contributed by atoms with Crippen LogP contribution in [-0.4, -0.2) is 38.6 Å². The van der Waals surface area contributed by atoms with Gasteiger partial charge in [0, 0.05) is 17.0 Å². The summed E-state index contributed by atoms with van der Waals surface area (Å²) in [6.07, 6.45) is 0. The number of thioether (sulfide) groups is 1. The van der Waals surface area contributed by atoms with E-state index in [1.807, 2.05) is 46.4 Å². The molecule has 0 fully saturated rings. The average molecular weight is 368 g/mol. The highest BCUT2D eigenvalue weighted by atomic mass is 32.2. The molecule has 7 heteroatoms. The maximum absolute atomic E-state index is 12.4. The van der Waals surface area contributed by atoms with Crippen LogP contribution in [0.5, 0.6) is 0 Å². The van der Waals surface area contributed by atoms with Gasteiger partial charge in [0.2, 0.25) is 5.91 Å². The molecule has 24 heavy (non-hydrogen) atoms. The monoisotopic (exact) mass is 367 g/mol. The molecule has 0 atom stereocenters. The van der Waals surface area contributed by atoms with Crippen molar-refractivity contribution in [3.63, 3.8) is 0 Å². The number of nitrogens with one attached hydrogen (secondary N) is 1. The van der Waals surface area contributed by atoms with Gasteiger partial charge in [-0.15, -0.1) is 23.1 Å². The number of H-pyrrole nitrogens is 1. The summed E-state index contributed by atoms with van der Waals surface area (Å²) < 4.78 is 0. The number of thiophene rings is 1. The van der Waals surface area contributed by atoms with E-state index in [9.17, 15) is 9.59 Å². The molecule has 0 aliphatic rings. The number of hydrogen-bond acceptors (Lipinski definition) is 5. The summed E-state index contributed by atoms with van der Waals surface area (Å²) in [5.41, 5.74) is 0.914. The fourth-order valence-corrected chi connectivity index (χ4v) is 4.65. The van der Waals surface area contributed by atoms with Crippen molar-refractivity contribution in [2.24, 2.45) is 0 Å². The average Bonchev–Trinajstić information content (AvgIpc) is 2.73. The van der Waals surface area contributed by atoms with E-state index in [0.29, 0.717) is 22.7 Å².